The molecule has 26 heavy (non-hydrogen) atoms. The molecule has 146 valence electrons. The van der Waals surface area contributed by atoms with Gasteiger partial charge in [-0.3, -0.25) is 0 Å². The van der Waals surface area contributed by atoms with Crippen LogP contribution in [-0.4, -0.2) is 44.2 Å². The summed E-state index contributed by atoms with van der Waals surface area (Å²) in [6, 6.07) is 8.44. The first-order valence-electron chi connectivity index (χ1n) is 11.0. The molecule has 0 atom stereocenters. The van der Waals surface area contributed by atoms with Crippen LogP contribution in [0.25, 0.3) is 0 Å². The highest BCUT2D eigenvalue weighted by atomic mass is 16.5. The summed E-state index contributed by atoms with van der Waals surface area (Å²) in [5.41, 5.74) is 1.32. The van der Waals surface area contributed by atoms with Crippen molar-refractivity contribution in [2.75, 3.05) is 39.3 Å². The summed E-state index contributed by atoms with van der Waals surface area (Å²) in [4.78, 5) is 2.74. The van der Waals surface area contributed by atoms with Crippen molar-refractivity contribution < 1.29 is 4.74 Å². The Kier molecular flexibility index (Phi) is 8.28. The highest BCUT2D eigenvalue weighted by Gasteiger charge is 2.22. The summed E-state index contributed by atoms with van der Waals surface area (Å²) in [6.07, 6.45) is 11.2. The molecule has 0 radical (unpaired) electrons. The standard InChI is InChI=1S/C23H38N2O/c1-2-26-23-11-7-6-10-22(23)12-15-24-18-20-13-16-25(17-14-20)19-21-8-4-3-5-9-21/h6-7,10-11,20-21,24H,2-5,8-9,12-19H2,1H3. The Morgan fingerprint density at radius 1 is 1.00 bits per heavy atom. The van der Waals surface area contributed by atoms with Crippen LogP contribution in [0.15, 0.2) is 24.3 Å². The molecule has 0 spiro atoms. The molecular formula is C23H38N2O. The van der Waals surface area contributed by atoms with Crippen molar-refractivity contribution in [3.05, 3.63) is 29.8 Å². The van der Waals surface area contributed by atoms with Crippen molar-refractivity contribution in [1.82, 2.24) is 10.2 Å². The first kappa shape index (κ1) is 19.7. The Hall–Kier alpha value is -1.06. The first-order valence-corrected chi connectivity index (χ1v) is 11.0. The summed E-state index contributed by atoms with van der Waals surface area (Å²) in [7, 11) is 0. The summed E-state index contributed by atoms with van der Waals surface area (Å²) >= 11 is 0. The van der Waals surface area contributed by atoms with Crippen LogP contribution >= 0.6 is 0 Å². The number of nitrogens with one attached hydrogen (secondary N) is 1. The number of piperidine rings is 1. The number of likely N-dealkylation sites (tertiary alicyclic amines) is 1. The fraction of sp³-hybridized carbons (Fsp3) is 0.739. The molecule has 1 saturated heterocycles. The topological polar surface area (TPSA) is 24.5 Å². The molecule has 0 amide bonds. The van der Waals surface area contributed by atoms with Gasteiger partial charge in [-0.05, 0) is 88.7 Å². The molecule has 1 N–H and O–H groups in total. The molecule has 1 saturated carbocycles. The van der Waals surface area contributed by atoms with Crippen LogP contribution in [0.5, 0.6) is 5.75 Å². The largest absolute Gasteiger partial charge is 0.494 e. The lowest BCUT2D eigenvalue weighted by Gasteiger charge is -2.35. The lowest BCUT2D eigenvalue weighted by atomic mass is 9.88. The van der Waals surface area contributed by atoms with E-state index < -0.39 is 0 Å². The lowest BCUT2D eigenvalue weighted by Crippen LogP contribution is -2.40. The van der Waals surface area contributed by atoms with Crippen LogP contribution in [0.4, 0.5) is 0 Å². The molecule has 1 aromatic carbocycles. The third-order valence-corrected chi connectivity index (χ3v) is 6.22. The van der Waals surface area contributed by atoms with E-state index in [4.69, 9.17) is 4.74 Å². The number of rotatable bonds is 9. The van der Waals surface area contributed by atoms with Crippen LogP contribution in [0.3, 0.4) is 0 Å². The Morgan fingerprint density at radius 3 is 2.54 bits per heavy atom. The molecule has 2 fully saturated rings. The second-order valence-corrected chi connectivity index (χ2v) is 8.24. The van der Waals surface area contributed by atoms with Crippen LogP contribution < -0.4 is 10.1 Å². The summed E-state index contributed by atoms with van der Waals surface area (Å²) in [5, 5.41) is 3.70. The third-order valence-electron chi connectivity index (χ3n) is 6.22. The van der Waals surface area contributed by atoms with Gasteiger partial charge in [-0.2, -0.15) is 0 Å². The van der Waals surface area contributed by atoms with Crippen molar-refractivity contribution in [2.45, 2.75) is 58.3 Å². The number of nitrogens with zero attached hydrogens (tertiary/aromatic N) is 1. The fourth-order valence-electron chi connectivity index (χ4n) is 4.64. The molecule has 1 aliphatic heterocycles. The fourth-order valence-corrected chi connectivity index (χ4v) is 4.64. The number of benzene rings is 1. The maximum atomic E-state index is 5.72. The number of hydrogen-bond donors (Lipinski definition) is 1. The van der Waals surface area contributed by atoms with E-state index in [1.54, 1.807) is 0 Å². The summed E-state index contributed by atoms with van der Waals surface area (Å²) in [5.74, 6) is 2.90. The van der Waals surface area contributed by atoms with Crippen molar-refractivity contribution in [3.63, 3.8) is 0 Å². The van der Waals surface area contributed by atoms with Crippen molar-refractivity contribution in [1.29, 1.82) is 0 Å². The second kappa shape index (κ2) is 10.9. The number of ether oxygens (including phenoxy) is 1. The van der Waals surface area contributed by atoms with E-state index in [2.05, 4.69) is 41.4 Å². The molecule has 1 heterocycles. The zero-order chi connectivity index (χ0) is 18.0. The Labute approximate surface area is 160 Å². The Balaban J connectivity index is 1.29. The molecule has 1 aliphatic carbocycles. The van der Waals surface area contributed by atoms with Gasteiger partial charge in [0.15, 0.2) is 0 Å². The van der Waals surface area contributed by atoms with E-state index in [1.807, 2.05) is 0 Å². The zero-order valence-electron chi connectivity index (χ0n) is 16.7. The van der Waals surface area contributed by atoms with E-state index in [9.17, 15) is 0 Å². The number of para-hydroxylation sites is 1. The zero-order valence-corrected chi connectivity index (χ0v) is 16.7. The summed E-state index contributed by atoms with van der Waals surface area (Å²) < 4.78 is 5.72. The van der Waals surface area contributed by atoms with Gasteiger partial charge in [0.1, 0.15) is 5.75 Å². The molecule has 0 aromatic heterocycles. The SMILES string of the molecule is CCOc1ccccc1CCNCC1CCN(CC2CCCCC2)CC1. The van der Waals surface area contributed by atoms with E-state index >= 15 is 0 Å². The molecule has 0 bridgehead atoms. The lowest BCUT2D eigenvalue weighted by molar-refractivity contribution is 0.145. The van der Waals surface area contributed by atoms with Gasteiger partial charge >= 0.3 is 0 Å². The average molecular weight is 359 g/mol. The second-order valence-electron chi connectivity index (χ2n) is 8.24. The van der Waals surface area contributed by atoms with Crippen LogP contribution in [0, 0.1) is 11.8 Å². The first-order chi connectivity index (χ1) is 12.8. The van der Waals surface area contributed by atoms with Gasteiger partial charge in [-0.25, -0.2) is 0 Å². The van der Waals surface area contributed by atoms with Gasteiger partial charge in [-0.15, -0.1) is 0 Å². The van der Waals surface area contributed by atoms with Gasteiger partial charge < -0.3 is 15.0 Å². The predicted molar refractivity (Wildman–Crippen MR) is 110 cm³/mol. The highest BCUT2D eigenvalue weighted by Crippen LogP contribution is 2.26. The molecule has 0 unspecified atom stereocenters. The smallest absolute Gasteiger partial charge is 0.122 e. The molecule has 3 heteroatoms. The van der Waals surface area contributed by atoms with Crippen molar-refractivity contribution in [3.8, 4) is 5.75 Å². The maximum Gasteiger partial charge on any atom is 0.122 e. The van der Waals surface area contributed by atoms with Gasteiger partial charge in [0, 0.05) is 6.54 Å². The van der Waals surface area contributed by atoms with Crippen LogP contribution in [0.2, 0.25) is 0 Å². The van der Waals surface area contributed by atoms with Crippen molar-refractivity contribution >= 4 is 0 Å². The van der Waals surface area contributed by atoms with Gasteiger partial charge in [0.05, 0.1) is 6.61 Å². The molecule has 2 aliphatic rings. The predicted octanol–water partition coefficient (Wildman–Crippen LogP) is 4.51. The van der Waals surface area contributed by atoms with Gasteiger partial charge in [-0.1, -0.05) is 37.5 Å². The highest BCUT2D eigenvalue weighted by molar-refractivity contribution is 5.33. The Bertz CT molecular complexity index is 505. The van der Waals surface area contributed by atoms with Gasteiger partial charge in [0.25, 0.3) is 0 Å². The molecule has 3 rings (SSSR count). The quantitative estimate of drug-likeness (QED) is 0.657. The van der Waals surface area contributed by atoms with E-state index in [0.717, 1.165) is 37.2 Å². The Morgan fingerprint density at radius 2 is 1.77 bits per heavy atom. The molecular weight excluding hydrogens is 320 g/mol. The third kappa shape index (κ3) is 6.28. The number of hydrogen-bond acceptors (Lipinski definition) is 3. The monoisotopic (exact) mass is 358 g/mol. The minimum absolute atomic E-state index is 0.740. The normalized spacial score (nSPS) is 20.3. The average Bonchev–Trinajstić information content (AvgIpc) is 2.69. The van der Waals surface area contributed by atoms with Crippen molar-refractivity contribution in [2.24, 2.45) is 11.8 Å². The van der Waals surface area contributed by atoms with E-state index in [1.165, 1.54) is 76.7 Å². The summed E-state index contributed by atoms with van der Waals surface area (Å²) in [6.45, 7) is 9.01. The van der Waals surface area contributed by atoms with Crippen LogP contribution in [0.1, 0.15) is 57.4 Å². The minimum Gasteiger partial charge on any atom is -0.494 e. The van der Waals surface area contributed by atoms with E-state index in [0.29, 0.717) is 0 Å². The molecule has 3 nitrogen and oxygen atoms in total. The van der Waals surface area contributed by atoms with Gasteiger partial charge in [0.2, 0.25) is 0 Å². The minimum atomic E-state index is 0.740. The van der Waals surface area contributed by atoms with Crippen LogP contribution in [-0.2, 0) is 6.42 Å². The maximum absolute atomic E-state index is 5.72. The van der Waals surface area contributed by atoms with E-state index in [-0.39, 0.29) is 0 Å². The molecule has 1 aromatic rings.